The Morgan fingerprint density at radius 1 is 1.24 bits per heavy atom. The molecule has 0 saturated carbocycles. The highest BCUT2D eigenvalue weighted by molar-refractivity contribution is 5.97. The second kappa shape index (κ2) is 6.17. The van der Waals surface area contributed by atoms with Crippen molar-refractivity contribution in [2.24, 2.45) is 0 Å². The fourth-order valence-corrected chi connectivity index (χ4v) is 2.00. The van der Waals surface area contributed by atoms with E-state index in [1.165, 1.54) is 25.1 Å². The third-order valence-corrected chi connectivity index (χ3v) is 3.03. The second-order valence-electron chi connectivity index (χ2n) is 4.77. The molecule has 0 aliphatic carbocycles. The first-order valence-corrected chi connectivity index (χ1v) is 6.45. The Bertz CT molecular complexity index is 694. The molecule has 0 spiro atoms. The van der Waals surface area contributed by atoms with E-state index >= 15 is 0 Å². The van der Waals surface area contributed by atoms with Gasteiger partial charge < -0.3 is 4.74 Å². The molecule has 0 aromatic heterocycles. The number of hydrogen-bond acceptors (Lipinski definition) is 4. The van der Waals surface area contributed by atoms with E-state index in [1.54, 1.807) is 0 Å². The highest BCUT2D eigenvalue weighted by Gasteiger charge is 2.15. The van der Waals surface area contributed by atoms with Crippen LogP contribution in [0.15, 0.2) is 42.5 Å². The molecule has 5 heteroatoms. The standard InChI is InChI=1S/C16H15NO4/c1-11-4-3-5-13(8-11)10-21-16-7-6-14(17(19)20)9-15(16)12(2)18/h3-9H,10H2,1-2H3. The Morgan fingerprint density at radius 3 is 2.62 bits per heavy atom. The summed E-state index contributed by atoms with van der Waals surface area (Å²) < 4.78 is 5.63. The first kappa shape index (κ1) is 14.7. The van der Waals surface area contributed by atoms with Gasteiger partial charge in [-0.15, -0.1) is 0 Å². The van der Waals surface area contributed by atoms with Gasteiger partial charge >= 0.3 is 0 Å². The van der Waals surface area contributed by atoms with Gasteiger partial charge in [0.05, 0.1) is 10.5 Å². The maximum absolute atomic E-state index is 11.6. The predicted molar refractivity (Wildman–Crippen MR) is 78.6 cm³/mol. The fraction of sp³-hybridized carbons (Fsp3) is 0.188. The normalized spacial score (nSPS) is 10.2. The number of hydrogen-bond donors (Lipinski definition) is 0. The summed E-state index contributed by atoms with van der Waals surface area (Å²) in [6.07, 6.45) is 0. The van der Waals surface area contributed by atoms with E-state index in [9.17, 15) is 14.9 Å². The van der Waals surface area contributed by atoms with Crippen LogP contribution in [0.3, 0.4) is 0 Å². The van der Waals surface area contributed by atoms with Gasteiger partial charge in [0.2, 0.25) is 0 Å². The first-order valence-electron chi connectivity index (χ1n) is 6.45. The van der Waals surface area contributed by atoms with Crippen molar-refractivity contribution in [2.45, 2.75) is 20.5 Å². The van der Waals surface area contributed by atoms with Crippen LogP contribution in [0.1, 0.15) is 28.4 Å². The molecular formula is C16H15NO4. The third-order valence-electron chi connectivity index (χ3n) is 3.03. The van der Waals surface area contributed by atoms with Gasteiger partial charge in [-0.05, 0) is 25.5 Å². The molecule has 0 heterocycles. The molecule has 0 radical (unpaired) electrons. The molecule has 2 rings (SSSR count). The number of carbonyl (C=O) groups is 1. The van der Waals surface area contributed by atoms with E-state index in [1.807, 2.05) is 31.2 Å². The van der Waals surface area contributed by atoms with Crippen molar-refractivity contribution in [1.29, 1.82) is 0 Å². The SMILES string of the molecule is CC(=O)c1cc([N+](=O)[O-])ccc1OCc1cccc(C)c1. The Kier molecular flexibility index (Phi) is 4.33. The quantitative estimate of drug-likeness (QED) is 0.477. The van der Waals surface area contributed by atoms with Gasteiger partial charge in [-0.25, -0.2) is 0 Å². The fourth-order valence-electron chi connectivity index (χ4n) is 2.00. The third kappa shape index (κ3) is 3.66. The molecule has 0 saturated heterocycles. The van der Waals surface area contributed by atoms with Crippen LogP contribution in [-0.2, 0) is 6.61 Å². The summed E-state index contributed by atoms with van der Waals surface area (Å²) in [6.45, 7) is 3.65. The molecule has 0 amide bonds. The predicted octanol–water partition coefficient (Wildman–Crippen LogP) is 3.68. The summed E-state index contributed by atoms with van der Waals surface area (Å²) in [5.41, 5.74) is 2.19. The van der Waals surface area contributed by atoms with Crippen LogP contribution in [-0.4, -0.2) is 10.7 Å². The minimum absolute atomic E-state index is 0.122. The molecule has 21 heavy (non-hydrogen) atoms. The van der Waals surface area contributed by atoms with Crippen molar-refractivity contribution >= 4 is 11.5 Å². The van der Waals surface area contributed by atoms with Crippen molar-refractivity contribution < 1.29 is 14.5 Å². The van der Waals surface area contributed by atoms with Gasteiger partial charge in [-0.1, -0.05) is 29.8 Å². The van der Waals surface area contributed by atoms with Gasteiger partial charge in [0.15, 0.2) is 5.78 Å². The molecule has 5 nitrogen and oxygen atoms in total. The molecular weight excluding hydrogens is 270 g/mol. The number of nitro benzene ring substituents is 1. The van der Waals surface area contributed by atoms with Gasteiger partial charge in [0.25, 0.3) is 5.69 Å². The second-order valence-corrected chi connectivity index (χ2v) is 4.77. The lowest BCUT2D eigenvalue weighted by Crippen LogP contribution is -2.03. The van der Waals surface area contributed by atoms with Crippen LogP contribution >= 0.6 is 0 Å². The number of benzene rings is 2. The zero-order valence-electron chi connectivity index (χ0n) is 11.8. The summed E-state index contributed by atoms with van der Waals surface area (Å²) in [6, 6.07) is 11.9. The lowest BCUT2D eigenvalue weighted by Gasteiger charge is -2.10. The molecule has 2 aromatic carbocycles. The lowest BCUT2D eigenvalue weighted by molar-refractivity contribution is -0.384. The van der Waals surface area contributed by atoms with E-state index in [-0.39, 0.29) is 17.0 Å². The topological polar surface area (TPSA) is 69.4 Å². The number of Topliss-reactive ketones (excluding diaryl/α,β-unsaturated/α-hetero) is 1. The van der Waals surface area contributed by atoms with Crippen LogP contribution in [0.5, 0.6) is 5.75 Å². The van der Waals surface area contributed by atoms with E-state index in [0.29, 0.717) is 12.4 Å². The Balaban J connectivity index is 2.23. The minimum atomic E-state index is -0.531. The maximum Gasteiger partial charge on any atom is 0.270 e. The molecule has 2 aromatic rings. The number of aryl methyl sites for hydroxylation is 1. The maximum atomic E-state index is 11.6. The zero-order chi connectivity index (χ0) is 15.4. The van der Waals surface area contributed by atoms with Crippen LogP contribution in [0.2, 0.25) is 0 Å². The molecule has 108 valence electrons. The molecule has 0 N–H and O–H groups in total. The largest absolute Gasteiger partial charge is 0.488 e. The molecule has 0 aliphatic heterocycles. The number of non-ortho nitro benzene ring substituents is 1. The van der Waals surface area contributed by atoms with Crippen molar-refractivity contribution in [3.63, 3.8) is 0 Å². The van der Waals surface area contributed by atoms with Gasteiger partial charge in [0.1, 0.15) is 12.4 Å². The highest BCUT2D eigenvalue weighted by atomic mass is 16.6. The average molecular weight is 285 g/mol. The summed E-state index contributed by atoms with van der Waals surface area (Å²) in [5.74, 6) is 0.0903. The Morgan fingerprint density at radius 2 is 2.00 bits per heavy atom. The monoisotopic (exact) mass is 285 g/mol. The van der Waals surface area contributed by atoms with E-state index in [0.717, 1.165) is 11.1 Å². The van der Waals surface area contributed by atoms with Crippen molar-refractivity contribution in [3.05, 3.63) is 69.3 Å². The van der Waals surface area contributed by atoms with E-state index < -0.39 is 4.92 Å². The smallest absolute Gasteiger partial charge is 0.270 e. The van der Waals surface area contributed by atoms with Crippen LogP contribution < -0.4 is 4.74 Å². The minimum Gasteiger partial charge on any atom is -0.488 e. The van der Waals surface area contributed by atoms with E-state index in [4.69, 9.17) is 4.74 Å². The van der Waals surface area contributed by atoms with Crippen molar-refractivity contribution in [1.82, 2.24) is 0 Å². The Hall–Kier alpha value is -2.69. The Labute approximate surface area is 122 Å². The van der Waals surface area contributed by atoms with Crippen LogP contribution in [0.25, 0.3) is 0 Å². The zero-order valence-corrected chi connectivity index (χ0v) is 11.8. The summed E-state index contributed by atoms with van der Waals surface area (Å²) >= 11 is 0. The van der Waals surface area contributed by atoms with Gasteiger partial charge in [-0.3, -0.25) is 14.9 Å². The van der Waals surface area contributed by atoms with Gasteiger partial charge in [-0.2, -0.15) is 0 Å². The molecule has 0 fully saturated rings. The molecule has 0 unspecified atom stereocenters. The lowest BCUT2D eigenvalue weighted by atomic mass is 10.1. The molecule has 0 aliphatic rings. The van der Waals surface area contributed by atoms with Crippen LogP contribution in [0.4, 0.5) is 5.69 Å². The van der Waals surface area contributed by atoms with E-state index in [2.05, 4.69) is 0 Å². The number of ketones is 1. The summed E-state index contributed by atoms with van der Waals surface area (Å²) in [4.78, 5) is 21.8. The summed E-state index contributed by atoms with van der Waals surface area (Å²) in [5, 5.41) is 10.8. The number of rotatable bonds is 5. The number of nitro groups is 1. The van der Waals surface area contributed by atoms with Crippen LogP contribution in [0, 0.1) is 17.0 Å². The van der Waals surface area contributed by atoms with Crippen molar-refractivity contribution in [2.75, 3.05) is 0 Å². The highest BCUT2D eigenvalue weighted by Crippen LogP contribution is 2.25. The summed E-state index contributed by atoms with van der Waals surface area (Å²) in [7, 11) is 0. The van der Waals surface area contributed by atoms with Gasteiger partial charge in [0, 0.05) is 12.1 Å². The first-order chi connectivity index (χ1) is 9.97. The molecule has 0 bridgehead atoms. The molecule has 0 atom stereocenters. The average Bonchev–Trinajstić information content (AvgIpc) is 2.44. The number of carbonyl (C=O) groups excluding carboxylic acids is 1. The van der Waals surface area contributed by atoms with Crippen molar-refractivity contribution in [3.8, 4) is 5.75 Å². The number of nitrogens with zero attached hydrogens (tertiary/aromatic N) is 1. The number of ether oxygens (including phenoxy) is 1.